The van der Waals surface area contributed by atoms with Gasteiger partial charge in [-0.2, -0.15) is 0 Å². The maximum absolute atomic E-state index is 13.1. The third kappa shape index (κ3) is 4.82. The van der Waals surface area contributed by atoms with Gasteiger partial charge in [0.2, 0.25) is 17.7 Å². The van der Waals surface area contributed by atoms with Gasteiger partial charge in [-0.3, -0.25) is 14.4 Å². The third-order valence-electron chi connectivity index (χ3n) is 5.90. The van der Waals surface area contributed by atoms with E-state index >= 15 is 0 Å². The first-order valence-corrected chi connectivity index (χ1v) is 10.8. The Morgan fingerprint density at radius 3 is 2.37 bits per heavy atom. The van der Waals surface area contributed by atoms with Crippen molar-refractivity contribution in [3.63, 3.8) is 0 Å². The van der Waals surface area contributed by atoms with Crippen molar-refractivity contribution < 1.29 is 14.4 Å². The van der Waals surface area contributed by atoms with Crippen LogP contribution >= 0.6 is 0 Å². The average molecular weight is 380 g/mol. The average Bonchev–Trinajstić information content (AvgIpc) is 2.63. The molecule has 1 N–H and O–H groups in total. The van der Waals surface area contributed by atoms with Crippen molar-refractivity contribution in [1.29, 1.82) is 0 Å². The van der Waals surface area contributed by atoms with Gasteiger partial charge in [0.05, 0.1) is 0 Å². The summed E-state index contributed by atoms with van der Waals surface area (Å²) in [6.45, 7) is 10.0. The maximum Gasteiger partial charge on any atom is 0.246 e. The molecule has 2 aliphatic rings. The van der Waals surface area contributed by atoms with Gasteiger partial charge in [-0.15, -0.1) is 0 Å². The van der Waals surface area contributed by atoms with Gasteiger partial charge in [0.25, 0.3) is 0 Å². The van der Waals surface area contributed by atoms with E-state index in [2.05, 4.69) is 26.1 Å². The van der Waals surface area contributed by atoms with Crippen molar-refractivity contribution in [2.24, 2.45) is 5.92 Å². The van der Waals surface area contributed by atoms with E-state index in [1.54, 1.807) is 0 Å². The first-order chi connectivity index (χ1) is 12.9. The lowest BCUT2D eigenvalue weighted by Gasteiger charge is -2.51. The number of rotatable bonds is 8. The number of likely N-dealkylation sites (tertiary alicyclic amines) is 1. The Morgan fingerprint density at radius 2 is 1.81 bits per heavy atom. The van der Waals surface area contributed by atoms with E-state index in [-0.39, 0.29) is 17.7 Å². The molecule has 27 heavy (non-hydrogen) atoms. The summed E-state index contributed by atoms with van der Waals surface area (Å²) in [6.07, 6.45) is 6.26. The molecule has 0 aliphatic carbocycles. The molecule has 0 radical (unpaired) electrons. The zero-order chi connectivity index (χ0) is 20.0. The van der Waals surface area contributed by atoms with Crippen LogP contribution in [0.2, 0.25) is 0 Å². The number of carbonyl (C=O) groups is 3. The summed E-state index contributed by atoms with van der Waals surface area (Å²) < 4.78 is 0. The Bertz CT molecular complexity index is 539. The van der Waals surface area contributed by atoms with Gasteiger partial charge in [0.1, 0.15) is 11.6 Å². The minimum atomic E-state index is -0.777. The van der Waals surface area contributed by atoms with Gasteiger partial charge in [-0.25, -0.2) is 0 Å². The van der Waals surface area contributed by atoms with Crippen LogP contribution in [0.25, 0.3) is 0 Å². The van der Waals surface area contributed by atoms with E-state index in [1.807, 2.05) is 16.7 Å². The molecule has 2 heterocycles. The first-order valence-electron chi connectivity index (χ1n) is 10.8. The summed E-state index contributed by atoms with van der Waals surface area (Å²) in [5.41, 5.74) is -0.777. The Morgan fingerprint density at radius 1 is 1.15 bits per heavy atom. The van der Waals surface area contributed by atoms with E-state index in [1.165, 1.54) is 0 Å². The summed E-state index contributed by atoms with van der Waals surface area (Å²) in [5.74, 6) is 0.548. The lowest BCUT2D eigenvalue weighted by molar-refractivity contribution is -0.162. The number of nitrogens with one attached hydrogen (secondary N) is 1. The van der Waals surface area contributed by atoms with Gasteiger partial charge in [-0.05, 0) is 38.0 Å². The fourth-order valence-electron chi connectivity index (χ4n) is 4.36. The summed E-state index contributed by atoms with van der Waals surface area (Å²) in [6, 6.07) is -0.414. The Labute approximate surface area is 164 Å². The van der Waals surface area contributed by atoms with E-state index in [0.717, 1.165) is 25.7 Å². The number of hydrogen-bond donors (Lipinski definition) is 1. The van der Waals surface area contributed by atoms with Crippen molar-refractivity contribution in [2.75, 3.05) is 19.6 Å². The van der Waals surface area contributed by atoms with Crippen molar-refractivity contribution in [1.82, 2.24) is 15.1 Å². The van der Waals surface area contributed by atoms with Crippen LogP contribution in [0.1, 0.15) is 79.1 Å². The number of piperazine rings is 1. The molecule has 6 heteroatoms. The third-order valence-corrected chi connectivity index (χ3v) is 5.90. The van der Waals surface area contributed by atoms with Crippen LogP contribution in [0.15, 0.2) is 0 Å². The fraction of sp³-hybridized carbons (Fsp3) is 0.857. The molecule has 2 saturated heterocycles. The highest BCUT2D eigenvalue weighted by atomic mass is 16.2. The molecule has 0 aromatic carbocycles. The summed E-state index contributed by atoms with van der Waals surface area (Å²) in [5, 5.41) is 3.00. The molecule has 1 atom stereocenters. The van der Waals surface area contributed by atoms with Crippen LogP contribution < -0.4 is 5.32 Å². The molecule has 1 unspecified atom stereocenters. The summed E-state index contributed by atoms with van der Waals surface area (Å²) in [7, 11) is 0. The number of amides is 3. The van der Waals surface area contributed by atoms with Crippen LogP contribution in [-0.2, 0) is 14.4 Å². The van der Waals surface area contributed by atoms with E-state index in [0.29, 0.717) is 51.2 Å². The predicted molar refractivity (Wildman–Crippen MR) is 106 cm³/mol. The molecule has 6 nitrogen and oxygen atoms in total. The number of piperidine rings is 1. The monoisotopic (exact) mass is 379 g/mol. The van der Waals surface area contributed by atoms with Gasteiger partial charge >= 0.3 is 0 Å². The van der Waals surface area contributed by atoms with Crippen molar-refractivity contribution in [2.45, 2.75) is 90.6 Å². The highest BCUT2D eigenvalue weighted by Crippen LogP contribution is 2.34. The fourth-order valence-corrected chi connectivity index (χ4v) is 4.36. The Balaban J connectivity index is 2.08. The van der Waals surface area contributed by atoms with Crippen LogP contribution in [-0.4, -0.2) is 58.7 Å². The van der Waals surface area contributed by atoms with E-state index < -0.39 is 11.6 Å². The number of nitrogens with zero attached hydrogens (tertiary/aromatic N) is 2. The molecule has 0 aromatic heterocycles. The van der Waals surface area contributed by atoms with Crippen LogP contribution in [0.5, 0.6) is 0 Å². The maximum atomic E-state index is 13.1. The van der Waals surface area contributed by atoms with Gasteiger partial charge in [0, 0.05) is 26.1 Å². The smallest absolute Gasteiger partial charge is 0.246 e. The standard InChI is InChI=1S/C21H37N3O3/c1-5-7-8-9-18(25)23-13-10-21(11-14-23)20(27)22-17(15-16(3)4)19(26)24(21)12-6-2/h16-17H,5-15H2,1-4H3,(H,22,27). The normalized spacial score (nSPS) is 22.5. The SMILES string of the molecule is CCCCCC(=O)N1CCC2(CC1)C(=O)NC(CC(C)C)C(=O)N2CCC. The quantitative estimate of drug-likeness (QED) is 0.659. The topological polar surface area (TPSA) is 69.7 Å². The zero-order valence-corrected chi connectivity index (χ0v) is 17.6. The van der Waals surface area contributed by atoms with Crippen LogP contribution in [0, 0.1) is 5.92 Å². The minimum absolute atomic E-state index is 0.0284. The largest absolute Gasteiger partial charge is 0.342 e. The molecule has 2 fully saturated rings. The van der Waals surface area contributed by atoms with Crippen LogP contribution in [0.3, 0.4) is 0 Å². The number of unbranched alkanes of at least 4 members (excludes halogenated alkanes) is 2. The van der Waals surface area contributed by atoms with Crippen molar-refractivity contribution in [3.05, 3.63) is 0 Å². The zero-order valence-electron chi connectivity index (χ0n) is 17.6. The molecule has 0 bridgehead atoms. The molecule has 0 saturated carbocycles. The van der Waals surface area contributed by atoms with E-state index in [4.69, 9.17) is 0 Å². The van der Waals surface area contributed by atoms with Gasteiger partial charge in [0.15, 0.2) is 0 Å². The lowest BCUT2D eigenvalue weighted by Crippen LogP contribution is -2.73. The van der Waals surface area contributed by atoms with Crippen LogP contribution in [0.4, 0.5) is 0 Å². The van der Waals surface area contributed by atoms with Gasteiger partial charge < -0.3 is 15.1 Å². The first kappa shape index (κ1) is 21.7. The predicted octanol–water partition coefficient (Wildman–Crippen LogP) is 2.71. The second-order valence-corrected chi connectivity index (χ2v) is 8.51. The molecule has 1 spiro atoms. The summed E-state index contributed by atoms with van der Waals surface area (Å²) in [4.78, 5) is 42.3. The second-order valence-electron chi connectivity index (χ2n) is 8.51. The van der Waals surface area contributed by atoms with E-state index in [9.17, 15) is 14.4 Å². The van der Waals surface area contributed by atoms with Gasteiger partial charge in [-0.1, -0.05) is 40.5 Å². The Hall–Kier alpha value is -1.59. The molecule has 3 amide bonds. The number of carbonyl (C=O) groups excluding carboxylic acids is 3. The molecule has 154 valence electrons. The Kier molecular flexibility index (Phi) is 7.68. The lowest BCUT2D eigenvalue weighted by atomic mass is 9.80. The molecule has 2 rings (SSSR count). The highest BCUT2D eigenvalue weighted by Gasteiger charge is 2.53. The van der Waals surface area contributed by atoms with Crippen molar-refractivity contribution in [3.8, 4) is 0 Å². The summed E-state index contributed by atoms with van der Waals surface area (Å²) >= 11 is 0. The van der Waals surface area contributed by atoms with Crippen molar-refractivity contribution >= 4 is 17.7 Å². The minimum Gasteiger partial charge on any atom is -0.342 e. The number of hydrogen-bond acceptors (Lipinski definition) is 3. The highest BCUT2D eigenvalue weighted by molar-refractivity contribution is 6.00. The molecular weight excluding hydrogens is 342 g/mol. The molecule has 2 aliphatic heterocycles. The molecule has 0 aromatic rings. The molecular formula is C21H37N3O3. The second kappa shape index (κ2) is 9.56.